The van der Waals surface area contributed by atoms with E-state index < -0.39 is 12.0 Å². The highest BCUT2D eigenvalue weighted by Gasteiger charge is 2.54. The summed E-state index contributed by atoms with van der Waals surface area (Å²) < 4.78 is 19.7. The lowest BCUT2D eigenvalue weighted by atomic mass is 10.1. The number of nitrogen functional groups attached to an aromatic ring is 2. The zero-order chi connectivity index (χ0) is 15.6. The summed E-state index contributed by atoms with van der Waals surface area (Å²) in [5.41, 5.74) is 12.5. The Balaban J connectivity index is 1.79. The second-order valence-electron chi connectivity index (χ2n) is 6.09. The van der Waals surface area contributed by atoms with Crippen molar-refractivity contribution in [2.24, 2.45) is 0 Å². The van der Waals surface area contributed by atoms with Crippen LogP contribution in [0.4, 0.5) is 11.8 Å². The second-order valence-corrected chi connectivity index (χ2v) is 6.09. The molecule has 4 heterocycles. The molecule has 2 aliphatic rings. The van der Waals surface area contributed by atoms with Crippen molar-refractivity contribution in [1.29, 1.82) is 0 Å². The SMILES string of the molecule is C[C@H]1O[C@@H](n2cnc3c(N)nc(N)nc32)[C@@H]2OC(C)(C)O[C@@H]21. The van der Waals surface area contributed by atoms with E-state index in [-0.39, 0.29) is 30.1 Å². The van der Waals surface area contributed by atoms with Gasteiger partial charge in [-0.15, -0.1) is 0 Å². The molecular formula is C13H18N6O3. The largest absolute Gasteiger partial charge is 0.382 e. The number of fused-ring (bicyclic) bond motifs is 2. The Kier molecular flexibility index (Phi) is 2.66. The van der Waals surface area contributed by atoms with Crippen LogP contribution in [0.3, 0.4) is 0 Å². The van der Waals surface area contributed by atoms with Crippen molar-refractivity contribution in [2.45, 2.75) is 51.1 Å². The molecule has 9 heteroatoms. The molecule has 4 atom stereocenters. The fourth-order valence-electron chi connectivity index (χ4n) is 3.14. The third kappa shape index (κ3) is 1.86. The van der Waals surface area contributed by atoms with E-state index in [0.29, 0.717) is 11.2 Å². The van der Waals surface area contributed by atoms with Gasteiger partial charge in [-0.05, 0) is 20.8 Å². The van der Waals surface area contributed by atoms with Gasteiger partial charge in [0.1, 0.15) is 17.7 Å². The summed E-state index contributed by atoms with van der Waals surface area (Å²) in [6, 6.07) is 0. The minimum absolute atomic E-state index is 0.0956. The van der Waals surface area contributed by atoms with Crippen molar-refractivity contribution < 1.29 is 14.2 Å². The number of rotatable bonds is 1. The van der Waals surface area contributed by atoms with E-state index in [1.807, 2.05) is 20.8 Å². The van der Waals surface area contributed by atoms with E-state index in [1.54, 1.807) is 10.9 Å². The van der Waals surface area contributed by atoms with Crippen LogP contribution in [0.2, 0.25) is 0 Å². The van der Waals surface area contributed by atoms with E-state index >= 15 is 0 Å². The molecule has 22 heavy (non-hydrogen) atoms. The molecular weight excluding hydrogens is 288 g/mol. The fourth-order valence-corrected chi connectivity index (χ4v) is 3.14. The monoisotopic (exact) mass is 306 g/mol. The van der Waals surface area contributed by atoms with Gasteiger partial charge in [-0.2, -0.15) is 9.97 Å². The van der Waals surface area contributed by atoms with Crippen LogP contribution in [0.5, 0.6) is 0 Å². The number of anilines is 2. The van der Waals surface area contributed by atoms with Gasteiger partial charge >= 0.3 is 0 Å². The Morgan fingerprint density at radius 2 is 1.91 bits per heavy atom. The molecule has 118 valence electrons. The lowest BCUT2D eigenvalue weighted by molar-refractivity contribution is -0.194. The first-order valence-corrected chi connectivity index (χ1v) is 7.12. The Labute approximate surface area is 126 Å². The average molecular weight is 306 g/mol. The van der Waals surface area contributed by atoms with Crippen LogP contribution < -0.4 is 11.5 Å². The molecule has 2 aromatic heterocycles. The normalized spacial score (nSPS) is 33.4. The van der Waals surface area contributed by atoms with Gasteiger partial charge in [0.2, 0.25) is 5.95 Å². The molecule has 0 unspecified atom stereocenters. The van der Waals surface area contributed by atoms with E-state index in [2.05, 4.69) is 15.0 Å². The molecule has 0 radical (unpaired) electrons. The molecule has 2 aliphatic heterocycles. The third-order valence-corrected chi connectivity index (χ3v) is 4.00. The molecule has 4 N–H and O–H groups in total. The van der Waals surface area contributed by atoms with Gasteiger partial charge in [0, 0.05) is 0 Å². The van der Waals surface area contributed by atoms with E-state index in [0.717, 1.165) is 0 Å². The van der Waals surface area contributed by atoms with Crippen LogP contribution in [0.15, 0.2) is 6.33 Å². The number of nitrogens with two attached hydrogens (primary N) is 2. The van der Waals surface area contributed by atoms with Crippen LogP contribution in [-0.2, 0) is 14.2 Å². The Hall–Kier alpha value is -1.97. The maximum atomic E-state index is 5.99. The first kappa shape index (κ1) is 13.7. The van der Waals surface area contributed by atoms with Crippen LogP contribution in [0, 0.1) is 0 Å². The molecule has 0 amide bonds. The summed E-state index contributed by atoms with van der Waals surface area (Å²) in [5.74, 6) is -0.305. The first-order chi connectivity index (χ1) is 10.4. The van der Waals surface area contributed by atoms with Crippen LogP contribution in [0.25, 0.3) is 11.2 Å². The lowest BCUT2D eigenvalue weighted by Crippen LogP contribution is -2.27. The summed E-state index contributed by atoms with van der Waals surface area (Å²) in [6.07, 6.45) is 0.712. The highest BCUT2D eigenvalue weighted by atomic mass is 16.8. The number of ether oxygens (including phenoxy) is 3. The maximum Gasteiger partial charge on any atom is 0.224 e. The molecule has 0 aromatic carbocycles. The van der Waals surface area contributed by atoms with Gasteiger partial charge in [-0.25, -0.2) is 4.98 Å². The van der Waals surface area contributed by atoms with Crippen molar-refractivity contribution >= 4 is 22.9 Å². The topological polar surface area (TPSA) is 123 Å². The van der Waals surface area contributed by atoms with Gasteiger partial charge < -0.3 is 25.7 Å². The van der Waals surface area contributed by atoms with Crippen LogP contribution >= 0.6 is 0 Å². The van der Waals surface area contributed by atoms with Gasteiger partial charge in [-0.1, -0.05) is 0 Å². The molecule has 2 aromatic rings. The smallest absolute Gasteiger partial charge is 0.224 e. The quantitative estimate of drug-likeness (QED) is 0.777. The van der Waals surface area contributed by atoms with E-state index in [1.165, 1.54) is 0 Å². The van der Waals surface area contributed by atoms with Crippen molar-refractivity contribution in [3.8, 4) is 0 Å². The molecule has 2 saturated heterocycles. The highest BCUT2D eigenvalue weighted by Crippen LogP contribution is 2.43. The van der Waals surface area contributed by atoms with Crippen molar-refractivity contribution in [1.82, 2.24) is 19.5 Å². The number of aromatic nitrogens is 4. The molecule has 0 bridgehead atoms. The maximum absolute atomic E-state index is 5.99. The van der Waals surface area contributed by atoms with Crippen LogP contribution in [-0.4, -0.2) is 43.6 Å². The molecule has 0 spiro atoms. The van der Waals surface area contributed by atoms with Crippen molar-refractivity contribution in [2.75, 3.05) is 11.5 Å². The summed E-state index contributed by atoms with van der Waals surface area (Å²) in [4.78, 5) is 12.4. The van der Waals surface area contributed by atoms with Gasteiger partial charge in [-0.3, -0.25) is 4.57 Å². The molecule has 9 nitrogen and oxygen atoms in total. The summed E-state index contributed by atoms with van der Waals surface area (Å²) in [6.45, 7) is 5.73. The minimum Gasteiger partial charge on any atom is -0.382 e. The second kappa shape index (κ2) is 4.28. The standard InChI is InChI=1S/C13H18N6O3/c1-5-7-8(22-13(2,3)21-7)11(20-5)19-4-16-6-9(14)17-12(15)18-10(6)19/h4-5,7-8,11H,1-3H3,(H4,14,15,17,18)/t5-,7-,8-,11-/m1/s1. The van der Waals surface area contributed by atoms with E-state index in [4.69, 9.17) is 25.7 Å². The molecule has 2 fully saturated rings. The van der Waals surface area contributed by atoms with Gasteiger partial charge in [0.25, 0.3) is 0 Å². The summed E-state index contributed by atoms with van der Waals surface area (Å²) in [5, 5.41) is 0. The van der Waals surface area contributed by atoms with Gasteiger partial charge in [0.15, 0.2) is 23.5 Å². The number of hydrogen-bond donors (Lipinski definition) is 2. The third-order valence-electron chi connectivity index (χ3n) is 4.00. The Morgan fingerprint density at radius 1 is 1.18 bits per heavy atom. The van der Waals surface area contributed by atoms with Crippen molar-refractivity contribution in [3.63, 3.8) is 0 Å². The summed E-state index contributed by atoms with van der Waals surface area (Å²) >= 11 is 0. The fraction of sp³-hybridized carbons (Fsp3) is 0.615. The molecule has 0 aliphatic carbocycles. The lowest BCUT2D eigenvalue weighted by Gasteiger charge is -2.23. The predicted molar refractivity (Wildman–Crippen MR) is 77.6 cm³/mol. The Morgan fingerprint density at radius 3 is 2.68 bits per heavy atom. The molecule has 0 saturated carbocycles. The molecule has 4 rings (SSSR count). The zero-order valence-corrected chi connectivity index (χ0v) is 12.6. The average Bonchev–Trinajstić information content (AvgIpc) is 3.03. The minimum atomic E-state index is -0.644. The van der Waals surface area contributed by atoms with E-state index in [9.17, 15) is 0 Å². The first-order valence-electron chi connectivity index (χ1n) is 7.12. The van der Waals surface area contributed by atoms with Crippen LogP contribution in [0.1, 0.15) is 27.0 Å². The number of hydrogen-bond acceptors (Lipinski definition) is 8. The number of nitrogens with zero attached hydrogens (tertiary/aromatic N) is 4. The number of imidazole rings is 1. The van der Waals surface area contributed by atoms with Crippen molar-refractivity contribution in [3.05, 3.63) is 6.33 Å². The Bertz CT molecular complexity index is 745. The highest BCUT2D eigenvalue weighted by molar-refractivity contribution is 5.82. The van der Waals surface area contributed by atoms with Gasteiger partial charge in [0.05, 0.1) is 12.4 Å². The zero-order valence-electron chi connectivity index (χ0n) is 12.6. The predicted octanol–water partition coefficient (Wildman–Crippen LogP) is 0.428. The summed E-state index contributed by atoms with van der Waals surface area (Å²) in [7, 11) is 0.